The average Bonchev–Trinajstić information content (AvgIpc) is 2.65. The smallest absolute Gasteiger partial charge is 0.226 e. The van der Waals surface area contributed by atoms with Crippen LogP contribution < -0.4 is 16.0 Å². The number of allylic oxidation sites excluding steroid dienone is 5. The van der Waals surface area contributed by atoms with E-state index in [1.165, 1.54) is 0 Å². The van der Waals surface area contributed by atoms with Crippen LogP contribution in [0.2, 0.25) is 0 Å². The first kappa shape index (κ1) is 15.1. The van der Waals surface area contributed by atoms with Gasteiger partial charge in [-0.1, -0.05) is 24.3 Å². The molecule has 4 N–H and O–H groups in total. The van der Waals surface area contributed by atoms with E-state index in [-0.39, 0.29) is 11.9 Å². The Balaban J connectivity index is 2.14. The maximum absolute atomic E-state index is 11.9. The van der Waals surface area contributed by atoms with E-state index in [0.29, 0.717) is 12.1 Å². The molecule has 118 valence electrons. The number of benzene rings is 1. The highest BCUT2D eigenvalue weighted by Gasteiger charge is 2.23. The summed E-state index contributed by atoms with van der Waals surface area (Å²) in [5.41, 5.74) is 4.91. The van der Waals surface area contributed by atoms with Gasteiger partial charge in [0, 0.05) is 36.8 Å². The van der Waals surface area contributed by atoms with Gasteiger partial charge >= 0.3 is 0 Å². The summed E-state index contributed by atoms with van der Waals surface area (Å²) >= 11 is 0. The second-order valence-corrected chi connectivity index (χ2v) is 5.73. The Hall–Kier alpha value is -2.82. The lowest BCUT2D eigenvalue weighted by molar-refractivity contribution is -0.116. The number of carbonyl (C=O) groups is 1. The van der Waals surface area contributed by atoms with Gasteiger partial charge in [-0.25, -0.2) is 0 Å². The zero-order valence-corrected chi connectivity index (χ0v) is 13.2. The molecule has 1 aromatic carbocycles. The first-order valence-electron chi connectivity index (χ1n) is 7.65. The minimum Gasteiger partial charge on any atom is -0.393 e. The molecule has 0 fully saturated rings. The second-order valence-electron chi connectivity index (χ2n) is 5.73. The SMILES string of the molecule is CN/C=C1\C(=N)C=CC=C1c1cccc2c1N[C@H](C)CC(=O)N2. The highest BCUT2D eigenvalue weighted by Crippen LogP contribution is 2.38. The van der Waals surface area contributed by atoms with Crippen LogP contribution in [-0.2, 0) is 4.79 Å². The van der Waals surface area contributed by atoms with Crippen molar-refractivity contribution in [2.75, 3.05) is 17.7 Å². The lowest BCUT2D eigenvalue weighted by Gasteiger charge is -2.21. The van der Waals surface area contributed by atoms with Crippen LogP contribution in [0.15, 0.2) is 48.2 Å². The largest absolute Gasteiger partial charge is 0.393 e. The Morgan fingerprint density at radius 1 is 1.39 bits per heavy atom. The van der Waals surface area contributed by atoms with Crippen LogP contribution in [0.25, 0.3) is 5.57 Å². The van der Waals surface area contributed by atoms with Crippen LogP contribution in [0.1, 0.15) is 18.9 Å². The summed E-state index contributed by atoms with van der Waals surface area (Å²) < 4.78 is 0. The summed E-state index contributed by atoms with van der Waals surface area (Å²) in [6.07, 6.45) is 7.91. The monoisotopic (exact) mass is 308 g/mol. The molecular formula is C18H20N4O. The van der Waals surface area contributed by atoms with E-state index in [1.54, 1.807) is 6.08 Å². The fourth-order valence-electron chi connectivity index (χ4n) is 2.91. The number of hydrogen-bond donors (Lipinski definition) is 4. The molecule has 0 spiro atoms. The van der Waals surface area contributed by atoms with E-state index in [1.807, 2.05) is 50.5 Å². The minimum atomic E-state index is 0.0113. The molecule has 1 aromatic rings. The van der Waals surface area contributed by atoms with Crippen molar-refractivity contribution in [3.63, 3.8) is 0 Å². The third-order valence-corrected chi connectivity index (χ3v) is 3.91. The van der Waals surface area contributed by atoms with Gasteiger partial charge in [-0.15, -0.1) is 0 Å². The van der Waals surface area contributed by atoms with Crippen molar-refractivity contribution in [2.45, 2.75) is 19.4 Å². The van der Waals surface area contributed by atoms with E-state index in [4.69, 9.17) is 5.41 Å². The molecule has 0 bridgehead atoms. The summed E-state index contributed by atoms with van der Waals surface area (Å²) in [5, 5.41) is 17.6. The molecule has 0 radical (unpaired) electrons. The molecule has 23 heavy (non-hydrogen) atoms. The van der Waals surface area contributed by atoms with Crippen LogP contribution in [0.4, 0.5) is 11.4 Å². The van der Waals surface area contributed by atoms with Gasteiger partial charge < -0.3 is 21.4 Å². The molecule has 5 nitrogen and oxygen atoms in total. The molecule has 1 aliphatic carbocycles. The fourth-order valence-corrected chi connectivity index (χ4v) is 2.91. The number of carbonyl (C=O) groups excluding carboxylic acids is 1. The zero-order chi connectivity index (χ0) is 16.4. The first-order chi connectivity index (χ1) is 11.1. The highest BCUT2D eigenvalue weighted by atomic mass is 16.1. The molecule has 0 saturated carbocycles. The molecule has 0 unspecified atom stereocenters. The van der Waals surface area contributed by atoms with Crippen LogP contribution in [0.5, 0.6) is 0 Å². The summed E-state index contributed by atoms with van der Waals surface area (Å²) in [5.74, 6) is 0.0113. The first-order valence-corrected chi connectivity index (χ1v) is 7.65. The molecule has 1 amide bonds. The number of para-hydroxylation sites is 1. The predicted octanol–water partition coefficient (Wildman–Crippen LogP) is 2.91. The molecule has 1 aliphatic heterocycles. The molecule has 0 aromatic heterocycles. The number of anilines is 2. The third-order valence-electron chi connectivity index (χ3n) is 3.91. The Labute approximate surface area is 135 Å². The molecule has 0 saturated heterocycles. The van der Waals surface area contributed by atoms with Gasteiger partial charge in [0.25, 0.3) is 0 Å². The van der Waals surface area contributed by atoms with Gasteiger partial charge in [-0.05, 0) is 24.6 Å². The Morgan fingerprint density at radius 3 is 3.00 bits per heavy atom. The van der Waals surface area contributed by atoms with E-state index < -0.39 is 0 Å². The minimum absolute atomic E-state index is 0.0113. The third kappa shape index (κ3) is 2.90. The summed E-state index contributed by atoms with van der Waals surface area (Å²) in [6.45, 7) is 1.99. The molecule has 1 atom stereocenters. The van der Waals surface area contributed by atoms with Crippen molar-refractivity contribution in [3.05, 3.63) is 53.8 Å². The van der Waals surface area contributed by atoms with Gasteiger partial charge in [0.05, 0.1) is 17.1 Å². The van der Waals surface area contributed by atoms with Gasteiger partial charge in [-0.2, -0.15) is 0 Å². The lowest BCUT2D eigenvalue weighted by Crippen LogP contribution is -2.19. The molecular weight excluding hydrogens is 288 g/mol. The van der Waals surface area contributed by atoms with E-state index >= 15 is 0 Å². The van der Waals surface area contributed by atoms with Crippen LogP contribution in [0.3, 0.4) is 0 Å². The van der Waals surface area contributed by atoms with Crippen molar-refractivity contribution in [3.8, 4) is 0 Å². The highest BCUT2D eigenvalue weighted by molar-refractivity contribution is 6.20. The summed E-state index contributed by atoms with van der Waals surface area (Å²) in [6, 6.07) is 5.88. The molecule has 5 heteroatoms. The topological polar surface area (TPSA) is 77.0 Å². The van der Waals surface area contributed by atoms with Crippen LogP contribution in [0, 0.1) is 5.41 Å². The van der Waals surface area contributed by atoms with E-state index in [9.17, 15) is 4.79 Å². The number of amides is 1. The van der Waals surface area contributed by atoms with Gasteiger partial charge in [0.1, 0.15) is 0 Å². The van der Waals surface area contributed by atoms with Crippen molar-refractivity contribution in [2.24, 2.45) is 0 Å². The quantitative estimate of drug-likeness (QED) is 0.678. The maximum atomic E-state index is 11.9. The van der Waals surface area contributed by atoms with E-state index in [0.717, 1.165) is 28.1 Å². The molecule has 2 aliphatic rings. The van der Waals surface area contributed by atoms with Gasteiger partial charge in [0.15, 0.2) is 0 Å². The predicted molar refractivity (Wildman–Crippen MR) is 94.8 cm³/mol. The maximum Gasteiger partial charge on any atom is 0.226 e. The Morgan fingerprint density at radius 2 is 2.22 bits per heavy atom. The van der Waals surface area contributed by atoms with Gasteiger partial charge in [0.2, 0.25) is 5.91 Å². The Kier molecular flexibility index (Phi) is 4.02. The average molecular weight is 308 g/mol. The Bertz CT molecular complexity index is 758. The second kappa shape index (κ2) is 6.12. The van der Waals surface area contributed by atoms with Crippen molar-refractivity contribution >= 4 is 28.6 Å². The van der Waals surface area contributed by atoms with E-state index in [2.05, 4.69) is 16.0 Å². The van der Waals surface area contributed by atoms with Crippen molar-refractivity contribution < 1.29 is 4.79 Å². The van der Waals surface area contributed by atoms with Crippen LogP contribution in [-0.4, -0.2) is 24.7 Å². The van der Waals surface area contributed by atoms with Gasteiger partial charge in [-0.3, -0.25) is 4.79 Å². The normalized spacial score (nSPS) is 21.9. The molecule has 3 rings (SSSR count). The van der Waals surface area contributed by atoms with Crippen molar-refractivity contribution in [1.82, 2.24) is 5.32 Å². The van der Waals surface area contributed by atoms with Crippen molar-refractivity contribution in [1.29, 1.82) is 5.41 Å². The standard InChI is InChI=1S/C18H20N4O/c1-11-9-17(23)22-16-8-4-6-13(18(16)21-11)12-5-3-7-15(19)14(12)10-20-2/h3-8,10-11,19-21H,9H2,1-2H3,(H,22,23)/b14-10-,19-15?/t11-/m1/s1. The zero-order valence-electron chi connectivity index (χ0n) is 13.2. The number of nitrogens with one attached hydrogen (secondary N) is 4. The summed E-state index contributed by atoms with van der Waals surface area (Å²) in [4.78, 5) is 11.9. The van der Waals surface area contributed by atoms with Crippen LogP contribution >= 0.6 is 0 Å². The molecule has 1 heterocycles. The number of rotatable bonds is 2. The lowest BCUT2D eigenvalue weighted by atomic mass is 9.89. The number of fused-ring (bicyclic) bond motifs is 1. The fraction of sp³-hybridized carbons (Fsp3) is 0.222. The summed E-state index contributed by atoms with van der Waals surface area (Å²) in [7, 11) is 1.82. The number of hydrogen-bond acceptors (Lipinski definition) is 4.